The molecule has 2 amide bonds. The van der Waals surface area contributed by atoms with Gasteiger partial charge in [-0.2, -0.15) is 13.2 Å². The van der Waals surface area contributed by atoms with Crippen molar-refractivity contribution in [1.29, 1.82) is 0 Å². The van der Waals surface area contributed by atoms with Crippen LogP contribution in [-0.4, -0.2) is 57.2 Å². The fourth-order valence-electron chi connectivity index (χ4n) is 4.26. The molecule has 4 rings (SSSR count). The highest BCUT2D eigenvalue weighted by molar-refractivity contribution is 5.79. The van der Waals surface area contributed by atoms with E-state index in [4.69, 9.17) is 0 Å². The van der Waals surface area contributed by atoms with Gasteiger partial charge in [-0.15, -0.1) is 0 Å². The van der Waals surface area contributed by atoms with Gasteiger partial charge in [0.25, 0.3) is 0 Å². The van der Waals surface area contributed by atoms with Gasteiger partial charge in [0.1, 0.15) is 5.65 Å². The largest absolute Gasteiger partial charge is 0.416 e. The molecule has 174 valence electrons. The summed E-state index contributed by atoms with van der Waals surface area (Å²) in [5.41, 5.74) is 1.99. The van der Waals surface area contributed by atoms with Crippen molar-refractivity contribution in [2.75, 3.05) is 26.2 Å². The van der Waals surface area contributed by atoms with Crippen molar-refractivity contribution in [3.63, 3.8) is 0 Å². The average molecular weight is 458 g/mol. The number of pyridine rings is 1. The lowest BCUT2D eigenvalue weighted by molar-refractivity contribution is -0.138. The maximum Gasteiger partial charge on any atom is 0.416 e. The predicted octanol–water partition coefficient (Wildman–Crippen LogP) is 3.87. The third-order valence-corrected chi connectivity index (χ3v) is 6.13. The number of hydrogen-bond acceptors (Lipinski definition) is 3. The van der Waals surface area contributed by atoms with Crippen molar-refractivity contribution in [3.05, 3.63) is 71.2 Å². The number of imidazole rings is 1. The standard InChI is InChI=1S/C24H25F3N4O2/c1-16-6-7-31-21(15-28-22(31)12-16)20(18-4-3-5-19(13-18)24(25,26)27)14-23(33)30-10-8-29(9-11-30)17(2)32/h3-7,12-13,15,20H,8-11,14H2,1-2H3. The van der Waals surface area contributed by atoms with Crippen LogP contribution in [0, 0.1) is 6.92 Å². The lowest BCUT2D eigenvalue weighted by Gasteiger charge is -2.35. The van der Waals surface area contributed by atoms with E-state index in [1.54, 1.807) is 22.1 Å². The van der Waals surface area contributed by atoms with Gasteiger partial charge in [0.15, 0.2) is 0 Å². The number of fused-ring (bicyclic) bond motifs is 1. The van der Waals surface area contributed by atoms with Crippen LogP contribution in [0.1, 0.15) is 41.6 Å². The zero-order valence-electron chi connectivity index (χ0n) is 18.5. The average Bonchev–Trinajstić information content (AvgIpc) is 3.19. The summed E-state index contributed by atoms with van der Waals surface area (Å²) in [4.78, 5) is 32.5. The summed E-state index contributed by atoms with van der Waals surface area (Å²) < 4.78 is 42.0. The molecule has 1 saturated heterocycles. The molecule has 1 atom stereocenters. The van der Waals surface area contributed by atoms with Gasteiger partial charge in [-0.1, -0.05) is 18.2 Å². The van der Waals surface area contributed by atoms with E-state index >= 15 is 0 Å². The highest BCUT2D eigenvalue weighted by Crippen LogP contribution is 2.35. The van der Waals surface area contributed by atoms with Gasteiger partial charge >= 0.3 is 6.18 Å². The first-order valence-electron chi connectivity index (χ1n) is 10.8. The van der Waals surface area contributed by atoms with Crippen LogP contribution < -0.4 is 0 Å². The molecule has 2 aromatic heterocycles. The second kappa shape index (κ2) is 8.88. The summed E-state index contributed by atoms with van der Waals surface area (Å²) >= 11 is 0. The number of halogens is 3. The molecule has 6 nitrogen and oxygen atoms in total. The summed E-state index contributed by atoms with van der Waals surface area (Å²) in [6.07, 6.45) is -1.03. The number of hydrogen-bond donors (Lipinski definition) is 0. The number of aromatic nitrogens is 2. The number of amides is 2. The van der Waals surface area contributed by atoms with Crippen LogP contribution in [0.2, 0.25) is 0 Å². The second-order valence-electron chi connectivity index (χ2n) is 8.38. The first kappa shape index (κ1) is 22.8. The molecule has 3 aromatic rings. The van der Waals surface area contributed by atoms with Crippen molar-refractivity contribution >= 4 is 17.5 Å². The number of nitrogens with zero attached hydrogens (tertiary/aromatic N) is 4. The van der Waals surface area contributed by atoms with Crippen LogP contribution in [0.5, 0.6) is 0 Å². The highest BCUT2D eigenvalue weighted by Gasteiger charge is 2.33. The van der Waals surface area contributed by atoms with E-state index in [0.29, 0.717) is 43.1 Å². The Morgan fingerprint density at radius 2 is 1.76 bits per heavy atom. The number of benzene rings is 1. The van der Waals surface area contributed by atoms with Crippen molar-refractivity contribution in [1.82, 2.24) is 19.2 Å². The van der Waals surface area contributed by atoms with Crippen LogP contribution in [0.15, 0.2) is 48.8 Å². The zero-order valence-corrected chi connectivity index (χ0v) is 18.5. The fraction of sp³-hybridized carbons (Fsp3) is 0.375. The van der Waals surface area contributed by atoms with Crippen molar-refractivity contribution < 1.29 is 22.8 Å². The monoisotopic (exact) mass is 458 g/mol. The van der Waals surface area contributed by atoms with Crippen LogP contribution in [0.4, 0.5) is 13.2 Å². The fourth-order valence-corrected chi connectivity index (χ4v) is 4.26. The third kappa shape index (κ3) is 4.86. The topological polar surface area (TPSA) is 57.9 Å². The first-order valence-corrected chi connectivity index (χ1v) is 10.8. The molecule has 9 heteroatoms. The Morgan fingerprint density at radius 3 is 2.42 bits per heavy atom. The number of piperazine rings is 1. The van der Waals surface area contributed by atoms with Gasteiger partial charge in [0.05, 0.1) is 11.3 Å². The molecule has 0 spiro atoms. The zero-order chi connectivity index (χ0) is 23.8. The Kier molecular flexibility index (Phi) is 6.14. The SMILES string of the molecule is CC(=O)N1CCN(C(=O)CC(c2cccc(C(F)(F)F)c2)c2cnc3cc(C)ccn23)CC1. The summed E-state index contributed by atoms with van der Waals surface area (Å²) in [7, 11) is 0. The van der Waals surface area contributed by atoms with Gasteiger partial charge in [0, 0.05) is 57.8 Å². The van der Waals surface area contributed by atoms with E-state index in [1.807, 2.05) is 29.7 Å². The molecule has 0 saturated carbocycles. The number of rotatable bonds is 4. The van der Waals surface area contributed by atoms with E-state index in [-0.39, 0.29) is 18.2 Å². The van der Waals surface area contributed by atoms with Crippen LogP contribution in [0.25, 0.3) is 5.65 Å². The Hall–Kier alpha value is -3.36. The molecule has 33 heavy (non-hydrogen) atoms. The lowest BCUT2D eigenvalue weighted by atomic mass is 9.90. The normalized spacial score (nSPS) is 15.7. The maximum absolute atomic E-state index is 13.4. The van der Waals surface area contributed by atoms with Gasteiger partial charge in [0.2, 0.25) is 11.8 Å². The van der Waals surface area contributed by atoms with Crippen molar-refractivity contribution in [2.24, 2.45) is 0 Å². The molecular formula is C24H25F3N4O2. The molecule has 0 N–H and O–H groups in total. The van der Waals surface area contributed by atoms with E-state index in [2.05, 4.69) is 4.98 Å². The van der Waals surface area contributed by atoms with Gasteiger partial charge < -0.3 is 14.2 Å². The molecule has 0 aliphatic carbocycles. The quantitative estimate of drug-likeness (QED) is 0.597. The molecule has 0 bridgehead atoms. The summed E-state index contributed by atoms with van der Waals surface area (Å²) in [5, 5.41) is 0. The lowest BCUT2D eigenvalue weighted by Crippen LogP contribution is -2.50. The summed E-state index contributed by atoms with van der Waals surface area (Å²) in [6, 6.07) is 8.91. The molecule has 1 fully saturated rings. The summed E-state index contributed by atoms with van der Waals surface area (Å²) in [5.74, 6) is -0.809. The Labute approximate surface area is 189 Å². The Bertz CT molecular complexity index is 1180. The second-order valence-corrected chi connectivity index (χ2v) is 8.38. The minimum Gasteiger partial charge on any atom is -0.339 e. The van der Waals surface area contributed by atoms with E-state index in [0.717, 1.165) is 17.7 Å². The van der Waals surface area contributed by atoms with Crippen LogP contribution in [0.3, 0.4) is 0 Å². The summed E-state index contributed by atoms with van der Waals surface area (Å²) in [6.45, 7) is 5.13. The number of carbonyl (C=O) groups excluding carboxylic acids is 2. The Balaban J connectivity index is 1.68. The highest BCUT2D eigenvalue weighted by atomic mass is 19.4. The third-order valence-electron chi connectivity index (χ3n) is 6.13. The van der Waals surface area contributed by atoms with E-state index < -0.39 is 17.7 Å². The van der Waals surface area contributed by atoms with Gasteiger partial charge in [-0.25, -0.2) is 4.98 Å². The minimum atomic E-state index is -4.48. The van der Waals surface area contributed by atoms with Gasteiger partial charge in [-0.05, 0) is 36.2 Å². The number of carbonyl (C=O) groups is 2. The molecule has 0 radical (unpaired) electrons. The van der Waals surface area contributed by atoms with Crippen LogP contribution in [-0.2, 0) is 15.8 Å². The molecular weight excluding hydrogens is 433 g/mol. The van der Waals surface area contributed by atoms with Crippen molar-refractivity contribution in [3.8, 4) is 0 Å². The molecule has 1 aliphatic rings. The predicted molar refractivity (Wildman–Crippen MR) is 117 cm³/mol. The number of alkyl halides is 3. The molecule has 3 heterocycles. The van der Waals surface area contributed by atoms with Crippen LogP contribution >= 0.6 is 0 Å². The molecule has 1 aliphatic heterocycles. The van der Waals surface area contributed by atoms with Gasteiger partial charge in [-0.3, -0.25) is 9.59 Å². The van der Waals surface area contributed by atoms with E-state index in [1.165, 1.54) is 13.0 Å². The Morgan fingerprint density at radius 1 is 1.06 bits per heavy atom. The number of aryl methyl sites for hydroxylation is 1. The smallest absolute Gasteiger partial charge is 0.339 e. The van der Waals surface area contributed by atoms with Crippen molar-refractivity contribution in [2.45, 2.75) is 32.4 Å². The van der Waals surface area contributed by atoms with E-state index in [9.17, 15) is 22.8 Å². The molecule has 1 aromatic carbocycles. The first-order chi connectivity index (χ1) is 15.6. The minimum absolute atomic E-state index is 0.00303. The maximum atomic E-state index is 13.4. The molecule has 1 unspecified atom stereocenters.